The topological polar surface area (TPSA) is 12.9 Å². The third-order valence-corrected chi connectivity index (χ3v) is 2.28. The lowest BCUT2D eigenvalue weighted by molar-refractivity contribution is 1.33. The summed E-state index contributed by atoms with van der Waals surface area (Å²) in [4.78, 5) is 3.95. The second-order valence-corrected chi connectivity index (χ2v) is 3.62. The van der Waals surface area contributed by atoms with Crippen LogP contribution in [0.5, 0.6) is 0 Å². The first-order valence-corrected chi connectivity index (χ1v) is 4.82. The van der Waals surface area contributed by atoms with E-state index in [0.717, 1.165) is 5.56 Å². The first-order chi connectivity index (χ1) is 6.75. The fraction of sp³-hybridized carbons (Fsp3) is 0.0833. The van der Waals surface area contributed by atoms with Crippen molar-refractivity contribution in [3.63, 3.8) is 0 Å². The minimum atomic E-state index is 0.531. The zero-order chi connectivity index (χ0) is 9.97. The van der Waals surface area contributed by atoms with Gasteiger partial charge in [0.2, 0.25) is 0 Å². The van der Waals surface area contributed by atoms with E-state index in [1.165, 1.54) is 11.1 Å². The zero-order valence-corrected chi connectivity index (χ0v) is 8.62. The molecule has 70 valence electrons. The van der Waals surface area contributed by atoms with Crippen LogP contribution in [-0.2, 0) is 0 Å². The molecule has 0 saturated carbocycles. The highest BCUT2D eigenvalue weighted by Gasteiger charge is 1.98. The molecule has 2 heteroatoms. The Bertz CT molecular complexity index is 408. The molecule has 0 bridgehead atoms. The van der Waals surface area contributed by atoms with E-state index < -0.39 is 0 Å². The molecule has 0 radical (unpaired) electrons. The standard InChI is InChI=1S/C12H10ClN/c1-9-3-2-4-10(7-9)11-5-6-14-12(13)8-11/h2-8H,1H3. The van der Waals surface area contributed by atoms with Crippen molar-refractivity contribution in [2.45, 2.75) is 6.92 Å². The van der Waals surface area contributed by atoms with Crippen LogP contribution < -0.4 is 0 Å². The first-order valence-electron chi connectivity index (χ1n) is 4.44. The van der Waals surface area contributed by atoms with E-state index >= 15 is 0 Å². The van der Waals surface area contributed by atoms with Crippen LogP contribution in [0.2, 0.25) is 5.15 Å². The van der Waals surface area contributed by atoms with E-state index in [0.29, 0.717) is 5.15 Å². The number of aromatic nitrogens is 1. The Balaban J connectivity index is 2.49. The third kappa shape index (κ3) is 1.94. The molecular formula is C12H10ClN. The van der Waals surface area contributed by atoms with Crippen LogP contribution in [0.25, 0.3) is 11.1 Å². The Kier molecular flexibility index (Phi) is 2.51. The molecule has 1 heterocycles. The summed E-state index contributed by atoms with van der Waals surface area (Å²) in [6.07, 6.45) is 1.72. The molecule has 1 aromatic heterocycles. The molecule has 0 spiro atoms. The van der Waals surface area contributed by atoms with E-state index in [1.807, 2.05) is 18.2 Å². The van der Waals surface area contributed by atoms with E-state index in [2.05, 4.69) is 30.1 Å². The lowest BCUT2D eigenvalue weighted by Gasteiger charge is -2.02. The minimum absolute atomic E-state index is 0.531. The Morgan fingerprint density at radius 3 is 2.57 bits per heavy atom. The molecule has 2 rings (SSSR count). The second-order valence-electron chi connectivity index (χ2n) is 3.24. The van der Waals surface area contributed by atoms with Crippen LogP contribution >= 0.6 is 11.6 Å². The Labute approximate surface area is 88.4 Å². The van der Waals surface area contributed by atoms with E-state index in [4.69, 9.17) is 11.6 Å². The molecular weight excluding hydrogens is 194 g/mol. The molecule has 1 nitrogen and oxygen atoms in total. The van der Waals surface area contributed by atoms with Crippen molar-refractivity contribution in [1.82, 2.24) is 4.98 Å². The van der Waals surface area contributed by atoms with Gasteiger partial charge in [0.25, 0.3) is 0 Å². The van der Waals surface area contributed by atoms with Gasteiger partial charge in [0.15, 0.2) is 0 Å². The molecule has 0 aliphatic rings. The fourth-order valence-electron chi connectivity index (χ4n) is 1.41. The van der Waals surface area contributed by atoms with Gasteiger partial charge in [-0.25, -0.2) is 4.98 Å². The average molecular weight is 204 g/mol. The molecule has 0 atom stereocenters. The highest BCUT2D eigenvalue weighted by atomic mass is 35.5. The van der Waals surface area contributed by atoms with Gasteiger partial charge in [0.1, 0.15) is 5.15 Å². The van der Waals surface area contributed by atoms with Crippen LogP contribution in [0.1, 0.15) is 5.56 Å². The van der Waals surface area contributed by atoms with Crippen molar-refractivity contribution in [2.75, 3.05) is 0 Å². The van der Waals surface area contributed by atoms with E-state index in [1.54, 1.807) is 6.20 Å². The number of halogens is 1. The van der Waals surface area contributed by atoms with Gasteiger partial charge in [-0.05, 0) is 30.2 Å². The van der Waals surface area contributed by atoms with E-state index in [-0.39, 0.29) is 0 Å². The number of nitrogens with zero attached hydrogens (tertiary/aromatic N) is 1. The molecule has 0 N–H and O–H groups in total. The van der Waals surface area contributed by atoms with Crippen LogP contribution in [0.3, 0.4) is 0 Å². The highest BCUT2D eigenvalue weighted by molar-refractivity contribution is 6.29. The number of hydrogen-bond acceptors (Lipinski definition) is 1. The third-order valence-electron chi connectivity index (χ3n) is 2.08. The molecule has 14 heavy (non-hydrogen) atoms. The Hall–Kier alpha value is -1.34. The number of pyridine rings is 1. The minimum Gasteiger partial charge on any atom is -0.245 e. The van der Waals surface area contributed by atoms with Crippen LogP contribution in [0.4, 0.5) is 0 Å². The van der Waals surface area contributed by atoms with Crippen molar-refractivity contribution in [3.8, 4) is 11.1 Å². The summed E-state index contributed by atoms with van der Waals surface area (Å²) in [5.41, 5.74) is 3.53. The molecule has 0 unspecified atom stereocenters. The second kappa shape index (κ2) is 3.81. The van der Waals surface area contributed by atoms with Gasteiger partial charge in [-0.2, -0.15) is 0 Å². The first kappa shape index (κ1) is 9.22. The Morgan fingerprint density at radius 1 is 1.07 bits per heavy atom. The molecule has 0 amide bonds. The summed E-state index contributed by atoms with van der Waals surface area (Å²) >= 11 is 5.82. The Morgan fingerprint density at radius 2 is 1.86 bits per heavy atom. The summed E-state index contributed by atoms with van der Waals surface area (Å²) in [5.74, 6) is 0. The fourth-order valence-corrected chi connectivity index (χ4v) is 1.58. The summed E-state index contributed by atoms with van der Waals surface area (Å²) in [7, 11) is 0. The van der Waals surface area contributed by atoms with Crippen molar-refractivity contribution < 1.29 is 0 Å². The number of benzene rings is 1. The molecule has 1 aromatic carbocycles. The van der Waals surface area contributed by atoms with Gasteiger partial charge in [-0.3, -0.25) is 0 Å². The van der Waals surface area contributed by atoms with Crippen molar-refractivity contribution in [3.05, 3.63) is 53.3 Å². The largest absolute Gasteiger partial charge is 0.245 e. The SMILES string of the molecule is Cc1cccc(-c2ccnc(Cl)c2)c1. The van der Waals surface area contributed by atoms with Gasteiger partial charge in [-0.1, -0.05) is 41.4 Å². The molecule has 0 aliphatic heterocycles. The number of hydrogen-bond donors (Lipinski definition) is 0. The number of rotatable bonds is 1. The molecule has 0 aliphatic carbocycles. The summed E-state index contributed by atoms with van der Waals surface area (Å²) in [5, 5.41) is 0.531. The highest BCUT2D eigenvalue weighted by Crippen LogP contribution is 2.21. The van der Waals surface area contributed by atoms with Gasteiger partial charge in [0, 0.05) is 6.20 Å². The van der Waals surface area contributed by atoms with Crippen LogP contribution in [0.15, 0.2) is 42.6 Å². The van der Waals surface area contributed by atoms with Crippen molar-refractivity contribution in [1.29, 1.82) is 0 Å². The van der Waals surface area contributed by atoms with Crippen LogP contribution in [-0.4, -0.2) is 4.98 Å². The van der Waals surface area contributed by atoms with Crippen molar-refractivity contribution in [2.24, 2.45) is 0 Å². The van der Waals surface area contributed by atoms with Gasteiger partial charge < -0.3 is 0 Å². The normalized spacial score (nSPS) is 10.1. The van der Waals surface area contributed by atoms with Crippen LogP contribution in [0, 0.1) is 6.92 Å². The summed E-state index contributed by atoms with van der Waals surface area (Å²) in [6, 6.07) is 12.1. The predicted octanol–water partition coefficient (Wildman–Crippen LogP) is 3.71. The van der Waals surface area contributed by atoms with Gasteiger partial charge >= 0.3 is 0 Å². The van der Waals surface area contributed by atoms with Gasteiger partial charge in [-0.15, -0.1) is 0 Å². The average Bonchev–Trinajstić information content (AvgIpc) is 2.18. The van der Waals surface area contributed by atoms with Crippen molar-refractivity contribution >= 4 is 11.6 Å². The monoisotopic (exact) mass is 203 g/mol. The zero-order valence-electron chi connectivity index (χ0n) is 7.87. The summed E-state index contributed by atoms with van der Waals surface area (Å²) in [6.45, 7) is 2.08. The lowest BCUT2D eigenvalue weighted by atomic mass is 10.1. The van der Waals surface area contributed by atoms with E-state index in [9.17, 15) is 0 Å². The molecule has 0 fully saturated rings. The molecule has 2 aromatic rings. The predicted molar refractivity (Wildman–Crippen MR) is 59.4 cm³/mol. The quantitative estimate of drug-likeness (QED) is 0.644. The number of aryl methyl sites for hydroxylation is 1. The lowest BCUT2D eigenvalue weighted by Crippen LogP contribution is -1.80. The smallest absolute Gasteiger partial charge is 0.129 e. The summed E-state index contributed by atoms with van der Waals surface area (Å²) < 4.78 is 0. The maximum absolute atomic E-state index is 5.82. The maximum Gasteiger partial charge on any atom is 0.129 e. The van der Waals surface area contributed by atoms with Gasteiger partial charge in [0.05, 0.1) is 0 Å². The molecule has 0 saturated heterocycles. The maximum atomic E-state index is 5.82.